The number of aryl methyl sites for hydroxylation is 3. The third kappa shape index (κ3) is 2.72. The molecule has 0 radical (unpaired) electrons. The van der Waals surface area contributed by atoms with E-state index in [1.807, 2.05) is 0 Å². The van der Waals surface area contributed by atoms with Crippen molar-refractivity contribution in [1.29, 1.82) is 0 Å². The van der Waals surface area contributed by atoms with Gasteiger partial charge in [0.1, 0.15) is 0 Å². The zero-order chi connectivity index (χ0) is 11.6. The number of nitrogens with two attached hydrogens (primary N) is 1. The molecule has 2 amide bonds. The van der Waals surface area contributed by atoms with Crippen LogP contribution >= 0.6 is 0 Å². The first-order valence-corrected chi connectivity index (χ1v) is 4.99. The molecule has 82 valence electrons. The van der Waals surface area contributed by atoms with Gasteiger partial charge in [0, 0.05) is 13.6 Å². The van der Waals surface area contributed by atoms with E-state index < -0.39 is 6.03 Å². The van der Waals surface area contributed by atoms with Crippen molar-refractivity contribution in [1.82, 2.24) is 4.90 Å². The van der Waals surface area contributed by atoms with Crippen LogP contribution in [0.15, 0.2) is 12.1 Å². The van der Waals surface area contributed by atoms with Crippen LogP contribution in [0.3, 0.4) is 0 Å². The number of hydrogen-bond acceptors (Lipinski definition) is 1. The van der Waals surface area contributed by atoms with E-state index in [-0.39, 0.29) is 0 Å². The van der Waals surface area contributed by atoms with Crippen molar-refractivity contribution in [3.8, 4) is 0 Å². The molecule has 3 heteroatoms. The van der Waals surface area contributed by atoms with Crippen LogP contribution in [0.5, 0.6) is 0 Å². The Labute approximate surface area is 90.9 Å². The van der Waals surface area contributed by atoms with Crippen LogP contribution < -0.4 is 5.73 Å². The molecule has 0 spiro atoms. The number of urea groups is 1. The number of carbonyl (C=O) groups is 1. The highest BCUT2D eigenvalue weighted by molar-refractivity contribution is 5.71. The fraction of sp³-hybridized carbons (Fsp3) is 0.417. The van der Waals surface area contributed by atoms with Crippen molar-refractivity contribution in [2.45, 2.75) is 27.3 Å². The average molecular weight is 206 g/mol. The summed E-state index contributed by atoms with van der Waals surface area (Å²) in [5.74, 6) is 0. The Morgan fingerprint density at radius 2 is 1.73 bits per heavy atom. The molecule has 0 saturated heterocycles. The molecule has 1 aromatic carbocycles. The van der Waals surface area contributed by atoms with Crippen molar-refractivity contribution in [3.05, 3.63) is 34.4 Å². The summed E-state index contributed by atoms with van der Waals surface area (Å²) in [5.41, 5.74) is 10.0. The summed E-state index contributed by atoms with van der Waals surface area (Å²) in [6.07, 6.45) is 0. The van der Waals surface area contributed by atoms with Crippen molar-refractivity contribution < 1.29 is 4.79 Å². The lowest BCUT2D eigenvalue weighted by molar-refractivity contribution is 0.216. The summed E-state index contributed by atoms with van der Waals surface area (Å²) in [6, 6.07) is 3.85. The molecule has 0 heterocycles. The number of benzene rings is 1. The minimum absolute atomic E-state index is 0.394. The lowest BCUT2D eigenvalue weighted by Gasteiger charge is -2.18. The first-order valence-electron chi connectivity index (χ1n) is 4.99. The standard InChI is InChI=1S/C12H18N2O/c1-8-5-9(2)11(10(3)6-8)7-14(4)12(13)15/h5-6H,7H2,1-4H3,(H2,13,15). The van der Waals surface area contributed by atoms with Gasteiger partial charge in [-0.3, -0.25) is 0 Å². The molecule has 15 heavy (non-hydrogen) atoms. The predicted octanol–water partition coefficient (Wildman–Crippen LogP) is 2.12. The molecule has 3 nitrogen and oxygen atoms in total. The Morgan fingerprint density at radius 1 is 1.27 bits per heavy atom. The van der Waals surface area contributed by atoms with E-state index in [9.17, 15) is 4.79 Å². The van der Waals surface area contributed by atoms with Gasteiger partial charge in [0.15, 0.2) is 0 Å². The maximum atomic E-state index is 10.9. The van der Waals surface area contributed by atoms with E-state index in [4.69, 9.17) is 5.73 Å². The van der Waals surface area contributed by atoms with Gasteiger partial charge in [-0.05, 0) is 37.5 Å². The van der Waals surface area contributed by atoms with Crippen LogP contribution in [0.4, 0.5) is 4.79 Å². The first kappa shape index (κ1) is 11.6. The summed E-state index contributed by atoms with van der Waals surface area (Å²) in [6.45, 7) is 6.77. The van der Waals surface area contributed by atoms with Gasteiger partial charge in [-0.15, -0.1) is 0 Å². The third-order valence-corrected chi connectivity index (χ3v) is 2.61. The van der Waals surface area contributed by atoms with Gasteiger partial charge in [0.25, 0.3) is 0 Å². The number of primary amides is 1. The van der Waals surface area contributed by atoms with E-state index in [0.717, 1.165) is 0 Å². The first-order chi connectivity index (χ1) is 6.91. The molecule has 0 unspecified atom stereocenters. The van der Waals surface area contributed by atoms with Crippen molar-refractivity contribution >= 4 is 6.03 Å². The maximum absolute atomic E-state index is 10.9. The third-order valence-electron chi connectivity index (χ3n) is 2.61. The number of nitrogens with zero attached hydrogens (tertiary/aromatic N) is 1. The Morgan fingerprint density at radius 3 is 2.13 bits per heavy atom. The van der Waals surface area contributed by atoms with Crippen molar-refractivity contribution in [3.63, 3.8) is 0 Å². The van der Waals surface area contributed by atoms with E-state index in [1.54, 1.807) is 7.05 Å². The summed E-state index contributed by atoms with van der Waals surface area (Å²) in [4.78, 5) is 12.5. The molecule has 1 aromatic rings. The second-order valence-electron chi connectivity index (χ2n) is 4.07. The van der Waals surface area contributed by atoms with Gasteiger partial charge >= 0.3 is 6.03 Å². The second-order valence-corrected chi connectivity index (χ2v) is 4.07. The van der Waals surface area contributed by atoms with E-state index in [2.05, 4.69) is 32.9 Å². The Hall–Kier alpha value is -1.51. The fourth-order valence-electron chi connectivity index (χ4n) is 1.77. The number of hydrogen-bond donors (Lipinski definition) is 1. The van der Waals surface area contributed by atoms with Gasteiger partial charge in [0.2, 0.25) is 0 Å². The Bertz CT molecular complexity index is 362. The van der Waals surface area contributed by atoms with Gasteiger partial charge in [-0.2, -0.15) is 0 Å². The molecule has 0 aliphatic heterocycles. The smallest absolute Gasteiger partial charge is 0.314 e. The van der Waals surface area contributed by atoms with Gasteiger partial charge in [0.05, 0.1) is 0 Å². The van der Waals surface area contributed by atoms with Crippen molar-refractivity contribution in [2.75, 3.05) is 7.05 Å². The van der Waals surface area contributed by atoms with Crippen molar-refractivity contribution in [2.24, 2.45) is 5.73 Å². The number of carbonyl (C=O) groups excluding carboxylic acids is 1. The minimum Gasteiger partial charge on any atom is -0.351 e. The predicted molar refractivity (Wildman–Crippen MR) is 61.7 cm³/mol. The van der Waals surface area contributed by atoms with E-state index in [0.29, 0.717) is 6.54 Å². The normalized spacial score (nSPS) is 10.1. The molecular formula is C12H18N2O. The highest BCUT2D eigenvalue weighted by atomic mass is 16.2. The van der Waals surface area contributed by atoms with Crippen LogP contribution in [0.1, 0.15) is 22.3 Å². The monoisotopic (exact) mass is 206 g/mol. The summed E-state index contributed by atoms with van der Waals surface area (Å²) < 4.78 is 0. The zero-order valence-electron chi connectivity index (χ0n) is 9.79. The van der Waals surface area contributed by atoms with Gasteiger partial charge in [-0.1, -0.05) is 17.7 Å². The molecule has 0 fully saturated rings. The Kier molecular flexibility index (Phi) is 3.35. The van der Waals surface area contributed by atoms with Gasteiger partial charge in [-0.25, -0.2) is 4.79 Å². The topological polar surface area (TPSA) is 46.3 Å². The van der Waals surface area contributed by atoms with E-state index >= 15 is 0 Å². The molecule has 1 rings (SSSR count). The minimum atomic E-state index is -0.394. The average Bonchev–Trinajstić information content (AvgIpc) is 2.10. The van der Waals surface area contributed by atoms with Crippen LogP contribution in [0.25, 0.3) is 0 Å². The quantitative estimate of drug-likeness (QED) is 0.791. The van der Waals surface area contributed by atoms with Crippen LogP contribution in [0, 0.1) is 20.8 Å². The van der Waals surface area contributed by atoms with Crippen LogP contribution in [-0.4, -0.2) is 18.0 Å². The number of amides is 2. The van der Waals surface area contributed by atoms with Crippen LogP contribution in [-0.2, 0) is 6.54 Å². The summed E-state index contributed by atoms with van der Waals surface area (Å²) >= 11 is 0. The molecular weight excluding hydrogens is 188 g/mol. The zero-order valence-corrected chi connectivity index (χ0v) is 9.79. The number of rotatable bonds is 2. The highest BCUT2D eigenvalue weighted by Crippen LogP contribution is 2.17. The lowest BCUT2D eigenvalue weighted by atomic mass is 9.99. The molecule has 0 aromatic heterocycles. The molecule has 0 saturated carbocycles. The highest BCUT2D eigenvalue weighted by Gasteiger charge is 2.09. The summed E-state index contributed by atoms with van der Waals surface area (Å²) in [5, 5.41) is 0. The SMILES string of the molecule is Cc1cc(C)c(CN(C)C(N)=O)c(C)c1. The maximum Gasteiger partial charge on any atom is 0.314 e. The molecule has 0 bridgehead atoms. The largest absolute Gasteiger partial charge is 0.351 e. The molecule has 2 N–H and O–H groups in total. The summed E-state index contributed by atoms with van der Waals surface area (Å²) in [7, 11) is 1.71. The molecule has 0 aliphatic rings. The fourth-order valence-corrected chi connectivity index (χ4v) is 1.77. The molecule has 0 atom stereocenters. The second kappa shape index (κ2) is 4.34. The lowest BCUT2D eigenvalue weighted by Crippen LogP contribution is -2.31. The Balaban J connectivity index is 3.00. The van der Waals surface area contributed by atoms with Crippen LogP contribution in [0.2, 0.25) is 0 Å². The van der Waals surface area contributed by atoms with Gasteiger partial charge < -0.3 is 10.6 Å². The van der Waals surface area contributed by atoms with E-state index in [1.165, 1.54) is 27.2 Å². The molecule has 0 aliphatic carbocycles.